The number of benzene rings is 2. The van der Waals surface area contributed by atoms with E-state index in [2.05, 4.69) is 83.4 Å². The Bertz CT molecular complexity index is 477. The molecule has 0 fully saturated rings. The predicted octanol–water partition coefficient (Wildman–Crippen LogP) is 4.47. The number of anilines is 1. The van der Waals surface area contributed by atoms with Gasteiger partial charge in [0.15, 0.2) is 0 Å². The van der Waals surface area contributed by atoms with Crippen molar-refractivity contribution in [2.75, 3.05) is 5.32 Å². The average molecular weight is 337 g/mol. The highest BCUT2D eigenvalue weighted by Gasteiger charge is 1.95. The van der Waals surface area contributed by atoms with E-state index < -0.39 is 0 Å². The summed E-state index contributed by atoms with van der Waals surface area (Å²) in [6.07, 6.45) is 1.10. The third kappa shape index (κ3) is 3.73. The Balaban J connectivity index is 1.97. The number of rotatable bonds is 4. The van der Waals surface area contributed by atoms with Gasteiger partial charge in [-0.1, -0.05) is 37.3 Å². The van der Waals surface area contributed by atoms with Crippen molar-refractivity contribution in [2.24, 2.45) is 0 Å². The van der Waals surface area contributed by atoms with Gasteiger partial charge in [0.05, 0.1) is 0 Å². The van der Waals surface area contributed by atoms with Crippen LogP contribution in [0.5, 0.6) is 0 Å². The molecule has 2 heteroatoms. The monoisotopic (exact) mass is 337 g/mol. The zero-order valence-corrected chi connectivity index (χ0v) is 12.1. The molecule has 0 spiro atoms. The molecule has 0 saturated heterocycles. The number of nitrogens with one attached hydrogen (secondary N) is 1. The number of hydrogen-bond acceptors (Lipinski definition) is 1. The molecule has 0 aliphatic carbocycles. The summed E-state index contributed by atoms with van der Waals surface area (Å²) in [4.78, 5) is 0. The molecule has 0 atom stereocenters. The van der Waals surface area contributed by atoms with Gasteiger partial charge in [0, 0.05) is 15.8 Å². The molecule has 0 bridgehead atoms. The van der Waals surface area contributed by atoms with E-state index in [9.17, 15) is 0 Å². The molecule has 2 aromatic rings. The summed E-state index contributed by atoms with van der Waals surface area (Å²) in [6, 6.07) is 17.2. The first-order valence-corrected chi connectivity index (χ1v) is 6.93. The van der Waals surface area contributed by atoms with E-state index in [1.807, 2.05) is 0 Å². The van der Waals surface area contributed by atoms with E-state index in [-0.39, 0.29) is 0 Å². The zero-order chi connectivity index (χ0) is 12.1. The lowest BCUT2D eigenvalue weighted by Crippen LogP contribution is -1.99. The molecule has 2 aromatic carbocycles. The maximum Gasteiger partial charge on any atom is 0.0400 e. The largest absolute Gasteiger partial charge is 0.381 e. The van der Waals surface area contributed by atoms with Crippen LogP contribution < -0.4 is 5.32 Å². The summed E-state index contributed by atoms with van der Waals surface area (Å²) < 4.78 is 1.26. The minimum absolute atomic E-state index is 0.879. The molecule has 1 nitrogen and oxygen atoms in total. The Morgan fingerprint density at radius 1 is 1.00 bits per heavy atom. The summed E-state index contributed by atoms with van der Waals surface area (Å²) in [7, 11) is 0. The number of aryl methyl sites for hydroxylation is 1. The van der Waals surface area contributed by atoms with Gasteiger partial charge in [-0.3, -0.25) is 0 Å². The van der Waals surface area contributed by atoms with Crippen LogP contribution in [0.4, 0.5) is 5.69 Å². The van der Waals surface area contributed by atoms with Crippen LogP contribution in [0.3, 0.4) is 0 Å². The van der Waals surface area contributed by atoms with Crippen LogP contribution in [-0.4, -0.2) is 0 Å². The van der Waals surface area contributed by atoms with Gasteiger partial charge in [0.1, 0.15) is 0 Å². The van der Waals surface area contributed by atoms with Crippen molar-refractivity contribution in [1.29, 1.82) is 0 Å². The molecule has 0 aliphatic rings. The van der Waals surface area contributed by atoms with Gasteiger partial charge in [0.25, 0.3) is 0 Å². The second-order valence-electron chi connectivity index (χ2n) is 4.03. The first kappa shape index (κ1) is 12.4. The topological polar surface area (TPSA) is 12.0 Å². The van der Waals surface area contributed by atoms with E-state index in [1.165, 1.54) is 20.4 Å². The normalized spacial score (nSPS) is 10.2. The van der Waals surface area contributed by atoms with Gasteiger partial charge in [-0.05, 0) is 58.3 Å². The molecular weight excluding hydrogens is 321 g/mol. The van der Waals surface area contributed by atoms with Crippen molar-refractivity contribution < 1.29 is 0 Å². The fraction of sp³-hybridized carbons (Fsp3) is 0.200. The summed E-state index contributed by atoms with van der Waals surface area (Å²) in [5.74, 6) is 0. The van der Waals surface area contributed by atoms with Gasteiger partial charge in [-0.2, -0.15) is 0 Å². The third-order valence-corrected chi connectivity index (χ3v) is 3.42. The molecule has 0 heterocycles. The molecule has 17 heavy (non-hydrogen) atoms. The van der Waals surface area contributed by atoms with Crippen LogP contribution in [0.2, 0.25) is 0 Å². The summed E-state index contributed by atoms with van der Waals surface area (Å²) >= 11 is 2.33. The molecule has 0 aliphatic heterocycles. The molecule has 0 radical (unpaired) electrons. The summed E-state index contributed by atoms with van der Waals surface area (Å²) in [6.45, 7) is 3.06. The molecule has 0 aromatic heterocycles. The third-order valence-electron chi connectivity index (χ3n) is 2.75. The fourth-order valence-electron chi connectivity index (χ4n) is 1.70. The highest BCUT2D eigenvalue weighted by Crippen LogP contribution is 2.14. The van der Waals surface area contributed by atoms with Crippen molar-refractivity contribution in [3.63, 3.8) is 0 Å². The van der Waals surface area contributed by atoms with E-state index in [0.29, 0.717) is 0 Å². The SMILES string of the molecule is CCc1ccc(CNc2cccc(I)c2)cc1. The van der Waals surface area contributed by atoms with Crippen molar-refractivity contribution in [1.82, 2.24) is 0 Å². The second-order valence-corrected chi connectivity index (χ2v) is 5.28. The van der Waals surface area contributed by atoms with E-state index in [4.69, 9.17) is 0 Å². The van der Waals surface area contributed by atoms with Crippen LogP contribution in [0.15, 0.2) is 48.5 Å². The van der Waals surface area contributed by atoms with Crippen LogP contribution in [0.1, 0.15) is 18.1 Å². The first-order chi connectivity index (χ1) is 8.28. The van der Waals surface area contributed by atoms with Gasteiger partial charge < -0.3 is 5.32 Å². The zero-order valence-electron chi connectivity index (χ0n) is 9.91. The first-order valence-electron chi connectivity index (χ1n) is 5.85. The van der Waals surface area contributed by atoms with Gasteiger partial charge in [-0.15, -0.1) is 0 Å². The smallest absolute Gasteiger partial charge is 0.0400 e. The minimum atomic E-state index is 0.879. The lowest BCUT2D eigenvalue weighted by Gasteiger charge is -2.07. The molecule has 88 valence electrons. The van der Waals surface area contributed by atoms with Crippen molar-refractivity contribution in [3.05, 3.63) is 63.2 Å². The van der Waals surface area contributed by atoms with Gasteiger partial charge >= 0.3 is 0 Å². The predicted molar refractivity (Wildman–Crippen MR) is 82.3 cm³/mol. The Morgan fingerprint density at radius 3 is 2.35 bits per heavy atom. The standard InChI is InChI=1S/C15H16IN/c1-2-12-6-8-13(9-7-12)11-17-15-5-3-4-14(16)10-15/h3-10,17H,2,11H2,1H3. The Morgan fingerprint density at radius 2 is 1.71 bits per heavy atom. The molecule has 2 rings (SSSR count). The van der Waals surface area contributed by atoms with Crippen LogP contribution in [-0.2, 0) is 13.0 Å². The van der Waals surface area contributed by atoms with Crippen molar-refractivity contribution >= 4 is 28.3 Å². The highest BCUT2D eigenvalue weighted by molar-refractivity contribution is 14.1. The lowest BCUT2D eigenvalue weighted by atomic mass is 10.1. The Hall–Kier alpha value is -1.03. The maximum absolute atomic E-state index is 3.43. The van der Waals surface area contributed by atoms with Crippen molar-refractivity contribution in [3.8, 4) is 0 Å². The van der Waals surface area contributed by atoms with Crippen LogP contribution in [0, 0.1) is 3.57 Å². The summed E-state index contributed by atoms with van der Waals surface area (Å²) in [5.41, 5.74) is 3.89. The average Bonchev–Trinajstić information content (AvgIpc) is 2.37. The second kappa shape index (κ2) is 6.05. The highest BCUT2D eigenvalue weighted by atomic mass is 127. The molecular formula is C15H16IN. The lowest BCUT2D eigenvalue weighted by molar-refractivity contribution is 1.11. The maximum atomic E-state index is 3.43. The summed E-state index contributed by atoms with van der Waals surface area (Å²) in [5, 5.41) is 3.43. The van der Waals surface area contributed by atoms with Gasteiger partial charge in [0.2, 0.25) is 0 Å². The molecule has 0 amide bonds. The van der Waals surface area contributed by atoms with E-state index in [0.717, 1.165) is 13.0 Å². The van der Waals surface area contributed by atoms with Crippen LogP contribution >= 0.6 is 22.6 Å². The quantitative estimate of drug-likeness (QED) is 0.812. The minimum Gasteiger partial charge on any atom is -0.381 e. The number of hydrogen-bond donors (Lipinski definition) is 1. The number of halogens is 1. The van der Waals surface area contributed by atoms with E-state index >= 15 is 0 Å². The Kier molecular flexibility index (Phi) is 4.42. The van der Waals surface area contributed by atoms with Gasteiger partial charge in [-0.25, -0.2) is 0 Å². The van der Waals surface area contributed by atoms with E-state index in [1.54, 1.807) is 0 Å². The molecule has 0 unspecified atom stereocenters. The molecule has 1 N–H and O–H groups in total. The Labute approximate surface area is 116 Å². The molecule has 0 saturated carbocycles. The van der Waals surface area contributed by atoms with Crippen LogP contribution in [0.25, 0.3) is 0 Å². The van der Waals surface area contributed by atoms with Crippen molar-refractivity contribution in [2.45, 2.75) is 19.9 Å². The fourth-order valence-corrected chi connectivity index (χ4v) is 2.24.